The minimum atomic E-state index is -4.44. The van der Waals surface area contributed by atoms with Crippen LogP contribution in [0.2, 0.25) is 0 Å². The number of carbonyl (C=O) groups is 1. The monoisotopic (exact) mass is 373 g/mol. The molecular weight excluding hydrogens is 355 g/mol. The summed E-state index contributed by atoms with van der Waals surface area (Å²) in [6, 6.07) is 8.46. The molecule has 0 atom stereocenters. The van der Waals surface area contributed by atoms with Crippen LogP contribution >= 0.6 is 12.4 Å². The molecule has 0 aliphatic rings. The molecule has 0 fully saturated rings. The van der Waals surface area contributed by atoms with Crippen molar-refractivity contribution in [2.75, 3.05) is 0 Å². The lowest BCUT2D eigenvalue weighted by Crippen LogP contribution is -2.50. The SMILES string of the molecule is CC(C)(NCc1cc(-c2ccccc2C(F)(F)F)ccn1)C(N)=O.Cl. The molecule has 0 aliphatic heterocycles. The third-order valence-electron chi connectivity index (χ3n) is 3.69. The Balaban J connectivity index is 0.00000312. The summed E-state index contributed by atoms with van der Waals surface area (Å²) in [5, 5.41) is 2.94. The van der Waals surface area contributed by atoms with Crippen molar-refractivity contribution in [2.45, 2.75) is 32.1 Å². The van der Waals surface area contributed by atoms with Gasteiger partial charge < -0.3 is 5.73 Å². The largest absolute Gasteiger partial charge is 0.417 e. The predicted molar refractivity (Wildman–Crippen MR) is 92.0 cm³/mol. The van der Waals surface area contributed by atoms with E-state index in [1.54, 1.807) is 26.0 Å². The van der Waals surface area contributed by atoms with Gasteiger partial charge in [-0.25, -0.2) is 0 Å². The molecule has 3 N–H and O–H groups in total. The molecule has 0 saturated heterocycles. The summed E-state index contributed by atoms with van der Waals surface area (Å²) in [6.07, 6.45) is -3.00. The quantitative estimate of drug-likeness (QED) is 0.842. The minimum absolute atomic E-state index is 0. The Morgan fingerprint density at radius 2 is 1.84 bits per heavy atom. The van der Waals surface area contributed by atoms with Gasteiger partial charge >= 0.3 is 6.18 Å². The number of amides is 1. The second-order valence-corrected chi connectivity index (χ2v) is 5.92. The number of benzene rings is 1. The van der Waals surface area contributed by atoms with Crippen LogP contribution in [0, 0.1) is 0 Å². The molecule has 0 radical (unpaired) electrons. The van der Waals surface area contributed by atoms with Gasteiger partial charge in [0, 0.05) is 12.7 Å². The third kappa shape index (κ3) is 5.17. The Morgan fingerprint density at radius 3 is 2.44 bits per heavy atom. The number of nitrogens with one attached hydrogen (secondary N) is 1. The zero-order valence-corrected chi connectivity index (χ0v) is 14.5. The summed E-state index contributed by atoms with van der Waals surface area (Å²) in [6.45, 7) is 3.45. The van der Waals surface area contributed by atoms with Gasteiger partial charge in [0.25, 0.3) is 0 Å². The number of pyridine rings is 1. The molecule has 25 heavy (non-hydrogen) atoms. The summed E-state index contributed by atoms with van der Waals surface area (Å²) < 4.78 is 39.4. The number of carbonyl (C=O) groups excluding carboxylic acids is 1. The van der Waals surface area contributed by atoms with Crippen molar-refractivity contribution in [1.29, 1.82) is 0 Å². The number of aromatic nitrogens is 1. The Hall–Kier alpha value is -2.12. The van der Waals surface area contributed by atoms with Gasteiger partial charge in [0.15, 0.2) is 0 Å². The van der Waals surface area contributed by atoms with Gasteiger partial charge in [0.2, 0.25) is 5.91 Å². The van der Waals surface area contributed by atoms with E-state index in [-0.39, 0.29) is 24.5 Å². The fourth-order valence-corrected chi connectivity index (χ4v) is 2.12. The predicted octanol–water partition coefficient (Wildman–Crippen LogP) is 3.54. The van der Waals surface area contributed by atoms with Crippen LogP contribution in [0.5, 0.6) is 0 Å². The van der Waals surface area contributed by atoms with E-state index in [0.717, 1.165) is 6.07 Å². The lowest BCUT2D eigenvalue weighted by Gasteiger charge is -2.22. The van der Waals surface area contributed by atoms with Crippen LogP contribution in [0.25, 0.3) is 11.1 Å². The maximum atomic E-state index is 13.1. The number of hydrogen-bond donors (Lipinski definition) is 2. The van der Waals surface area contributed by atoms with Crippen LogP contribution in [0.3, 0.4) is 0 Å². The Bertz CT molecular complexity index is 748. The summed E-state index contributed by atoms with van der Waals surface area (Å²) in [4.78, 5) is 15.4. The summed E-state index contributed by atoms with van der Waals surface area (Å²) in [5.74, 6) is -0.527. The summed E-state index contributed by atoms with van der Waals surface area (Å²) in [5.41, 5.74) is 4.64. The fraction of sp³-hybridized carbons (Fsp3) is 0.294. The highest BCUT2D eigenvalue weighted by Gasteiger charge is 2.33. The normalized spacial score (nSPS) is 11.7. The second-order valence-electron chi connectivity index (χ2n) is 5.92. The highest BCUT2D eigenvalue weighted by atomic mass is 35.5. The lowest BCUT2D eigenvalue weighted by atomic mass is 9.99. The molecule has 8 heteroatoms. The van der Waals surface area contributed by atoms with Crippen LogP contribution in [-0.2, 0) is 17.5 Å². The van der Waals surface area contributed by atoms with E-state index in [4.69, 9.17) is 5.73 Å². The lowest BCUT2D eigenvalue weighted by molar-refractivity contribution is -0.137. The molecule has 2 aromatic rings. The van der Waals surface area contributed by atoms with Crippen LogP contribution in [0.15, 0.2) is 42.6 Å². The van der Waals surface area contributed by atoms with Gasteiger partial charge in [-0.3, -0.25) is 15.1 Å². The van der Waals surface area contributed by atoms with E-state index in [1.165, 1.54) is 24.4 Å². The van der Waals surface area contributed by atoms with E-state index in [1.807, 2.05) is 0 Å². The Labute approximate surface area is 150 Å². The van der Waals surface area contributed by atoms with Crippen molar-refractivity contribution in [2.24, 2.45) is 5.73 Å². The number of nitrogens with zero attached hydrogens (tertiary/aromatic N) is 1. The van der Waals surface area contributed by atoms with Crippen molar-refractivity contribution in [3.05, 3.63) is 53.9 Å². The van der Waals surface area contributed by atoms with E-state index in [0.29, 0.717) is 11.3 Å². The maximum absolute atomic E-state index is 13.1. The number of nitrogens with two attached hydrogens (primary N) is 1. The number of halogens is 4. The van der Waals surface area contributed by atoms with Crippen LogP contribution in [0.4, 0.5) is 13.2 Å². The summed E-state index contributed by atoms with van der Waals surface area (Å²) >= 11 is 0. The molecule has 0 spiro atoms. The molecule has 1 heterocycles. The average Bonchev–Trinajstić information content (AvgIpc) is 2.52. The molecule has 0 bridgehead atoms. The molecule has 1 aromatic carbocycles. The van der Waals surface area contributed by atoms with Gasteiger partial charge in [-0.15, -0.1) is 12.4 Å². The number of primary amides is 1. The van der Waals surface area contributed by atoms with Crippen molar-refractivity contribution in [3.8, 4) is 11.1 Å². The molecule has 136 valence electrons. The van der Waals surface area contributed by atoms with Crippen molar-refractivity contribution >= 4 is 18.3 Å². The molecule has 4 nitrogen and oxygen atoms in total. The Morgan fingerprint density at radius 1 is 1.20 bits per heavy atom. The van der Waals surface area contributed by atoms with Crippen LogP contribution in [0.1, 0.15) is 25.1 Å². The van der Waals surface area contributed by atoms with Crippen molar-refractivity contribution in [3.63, 3.8) is 0 Å². The van der Waals surface area contributed by atoms with Crippen LogP contribution < -0.4 is 11.1 Å². The maximum Gasteiger partial charge on any atom is 0.417 e. The number of hydrogen-bond acceptors (Lipinski definition) is 3. The van der Waals surface area contributed by atoms with Gasteiger partial charge in [0.1, 0.15) is 0 Å². The van der Waals surface area contributed by atoms with Gasteiger partial charge in [-0.1, -0.05) is 18.2 Å². The van der Waals surface area contributed by atoms with Gasteiger partial charge in [-0.2, -0.15) is 13.2 Å². The second kappa shape index (κ2) is 7.84. The molecule has 1 aromatic heterocycles. The molecular formula is C17H19ClF3N3O. The molecule has 0 aliphatic carbocycles. The third-order valence-corrected chi connectivity index (χ3v) is 3.69. The first kappa shape index (κ1) is 20.9. The topological polar surface area (TPSA) is 68.0 Å². The van der Waals surface area contributed by atoms with E-state index in [9.17, 15) is 18.0 Å². The first-order chi connectivity index (χ1) is 11.1. The summed E-state index contributed by atoms with van der Waals surface area (Å²) in [7, 11) is 0. The van der Waals surface area contributed by atoms with Gasteiger partial charge in [0.05, 0.1) is 16.8 Å². The van der Waals surface area contributed by atoms with E-state index >= 15 is 0 Å². The molecule has 1 amide bonds. The van der Waals surface area contributed by atoms with Crippen molar-refractivity contribution in [1.82, 2.24) is 10.3 Å². The van der Waals surface area contributed by atoms with E-state index in [2.05, 4.69) is 10.3 Å². The Kier molecular flexibility index (Phi) is 6.56. The fourth-order valence-electron chi connectivity index (χ4n) is 2.12. The highest BCUT2D eigenvalue weighted by Crippen LogP contribution is 2.36. The number of rotatable bonds is 5. The zero-order chi connectivity index (χ0) is 18.0. The number of alkyl halides is 3. The first-order valence-electron chi connectivity index (χ1n) is 7.28. The molecule has 2 rings (SSSR count). The molecule has 0 saturated carbocycles. The smallest absolute Gasteiger partial charge is 0.368 e. The van der Waals surface area contributed by atoms with E-state index < -0.39 is 23.2 Å². The average molecular weight is 374 g/mol. The minimum Gasteiger partial charge on any atom is -0.368 e. The standard InChI is InChI=1S/C17H18F3N3O.ClH/c1-16(2,15(21)24)23-10-12-9-11(7-8-22-12)13-5-3-4-6-14(13)17(18,19)20;/h3-9,23H,10H2,1-2H3,(H2,21,24);1H. The van der Waals surface area contributed by atoms with Crippen molar-refractivity contribution < 1.29 is 18.0 Å². The van der Waals surface area contributed by atoms with Crippen LogP contribution in [-0.4, -0.2) is 16.4 Å². The first-order valence-corrected chi connectivity index (χ1v) is 7.28. The van der Waals surface area contributed by atoms with Gasteiger partial charge in [-0.05, 0) is 43.2 Å². The zero-order valence-electron chi connectivity index (χ0n) is 13.7. The molecule has 0 unspecified atom stereocenters. The highest BCUT2D eigenvalue weighted by molar-refractivity contribution is 5.85.